The van der Waals surface area contributed by atoms with Gasteiger partial charge in [-0.25, -0.2) is 8.78 Å². The second-order valence-electron chi connectivity index (χ2n) is 10.5. The first-order valence-corrected chi connectivity index (χ1v) is 14.7. The number of carbonyl (C=O) groups is 1. The molecule has 2 aliphatic rings. The van der Waals surface area contributed by atoms with Crippen LogP contribution in [0.15, 0.2) is 69.4 Å². The van der Waals surface area contributed by atoms with E-state index < -0.39 is 11.6 Å². The van der Waals surface area contributed by atoms with Gasteiger partial charge in [0.25, 0.3) is 5.91 Å². The van der Waals surface area contributed by atoms with Gasteiger partial charge in [0.1, 0.15) is 17.4 Å². The fourth-order valence-corrected chi connectivity index (χ4v) is 6.97. The number of methoxy groups -OCH3 is 1. The number of rotatable bonds is 7. The maximum atomic E-state index is 14.7. The maximum absolute atomic E-state index is 14.7. The van der Waals surface area contributed by atoms with Crippen LogP contribution in [0.25, 0.3) is 11.1 Å². The molecule has 8 heteroatoms. The fourth-order valence-electron chi connectivity index (χ4n) is 5.59. The number of hydrogen-bond donors (Lipinski definition) is 1. The molecule has 1 amide bonds. The van der Waals surface area contributed by atoms with Crippen molar-refractivity contribution in [2.24, 2.45) is 0 Å². The lowest BCUT2D eigenvalue weighted by Gasteiger charge is -2.38. The molecule has 1 aliphatic heterocycles. The number of nitrogens with zero attached hydrogens (tertiary/aromatic N) is 1. The molecule has 0 atom stereocenters. The molecule has 1 aliphatic carbocycles. The van der Waals surface area contributed by atoms with E-state index >= 15 is 0 Å². The molecule has 210 valence electrons. The van der Waals surface area contributed by atoms with Gasteiger partial charge in [-0.3, -0.25) is 4.79 Å². The van der Waals surface area contributed by atoms with Gasteiger partial charge < -0.3 is 15.0 Å². The molecule has 1 fully saturated rings. The number of nitrogens with one attached hydrogen (secondary N) is 1. The van der Waals surface area contributed by atoms with Gasteiger partial charge in [-0.05, 0) is 75.0 Å². The van der Waals surface area contributed by atoms with E-state index in [1.807, 2.05) is 24.1 Å². The first-order valence-electron chi connectivity index (χ1n) is 13.5. The van der Waals surface area contributed by atoms with Crippen LogP contribution < -0.4 is 10.1 Å². The lowest BCUT2D eigenvalue weighted by atomic mass is 9.89. The molecular formula is C32H33ClF2N2O2S. The van der Waals surface area contributed by atoms with Crippen LogP contribution in [0, 0.1) is 18.6 Å². The molecule has 0 bridgehead atoms. The third-order valence-corrected chi connectivity index (χ3v) is 9.65. The lowest BCUT2D eigenvalue weighted by Crippen LogP contribution is -2.45. The smallest absolute Gasteiger partial charge is 0.262 e. The Morgan fingerprint density at radius 1 is 1.02 bits per heavy atom. The number of carbonyl (C=O) groups excluding carboxylic acids is 1. The summed E-state index contributed by atoms with van der Waals surface area (Å²) >= 11 is 7.56. The van der Waals surface area contributed by atoms with E-state index in [0.717, 1.165) is 66.3 Å². The number of hydrogen-bond acceptors (Lipinski definition) is 4. The number of fused-ring (bicyclic) bond motifs is 1. The van der Waals surface area contributed by atoms with Crippen molar-refractivity contribution in [3.05, 3.63) is 92.9 Å². The van der Waals surface area contributed by atoms with E-state index in [9.17, 15) is 13.6 Å². The highest BCUT2D eigenvalue weighted by atomic mass is 35.5. The Morgan fingerprint density at radius 3 is 2.38 bits per heavy atom. The number of ether oxygens (including phenoxy) is 1. The zero-order valence-electron chi connectivity index (χ0n) is 22.9. The number of amides is 1. The molecule has 5 rings (SSSR count). The summed E-state index contributed by atoms with van der Waals surface area (Å²) in [4.78, 5) is 16.5. The monoisotopic (exact) mass is 582 g/mol. The van der Waals surface area contributed by atoms with Gasteiger partial charge in [-0.1, -0.05) is 59.3 Å². The summed E-state index contributed by atoms with van der Waals surface area (Å²) in [6.07, 6.45) is 3.52. The van der Waals surface area contributed by atoms with E-state index in [4.69, 9.17) is 16.3 Å². The van der Waals surface area contributed by atoms with Crippen LogP contribution >= 0.6 is 23.4 Å². The number of halogens is 3. The Kier molecular flexibility index (Phi) is 8.83. The molecule has 0 spiro atoms. The van der Waals surface area contributed by atoms with E-state index in [1.165, 1.54) is 5.56 Å². The van der Waals surface area contributed by atoms with Crippen molar-refractivity contribution >= 4 is 29.3 Å². The van der Waals surface area contributed by atoms with Gasteiger partial charge in [0.15, 0.2) is 0 Å². The van der Waals surface area contributed by atoms with Crippen LogP contribution in [0.5, 0.6) is 5.75 Å². The van der Waals surface area contributed by atoms with Gasteiger partial charge in [-0.2, -0.15) is 0 Å². The second-order valence-corrected chi connectivity index (χ2v) is 11.9. The summed E-state index contributed by atoms with van der Waals surface area (Å²) in [6.45, 7) is 2.36. The quantitative estimate of drug-likeness (QED) is 0.311. The van der Waals surface area contributed by atoms with Crippen molar-refractivity contribution in [1.82, 2.24) is 10.2 Å². The van der Waals surface area contributed by atoms with Crippen molar-refractivity contribution in [3.8, 4) is 16.9 Å². The highest BCUT2D eigenvalue weighted by Crippen LogP contribution is 2.44. The van der Waals surface area contributed by atoms with Crippen molar-refractivity contribution in [2.75, 3.05) is 14.2 Å². The molecule has 0 unspecified atom stereocenters. The van der Waals surface area contributed by atoms with Gasteiger partial charge in [-0.15, -0.1) is 0 Å². The van der Waals surface area contributed by atoms with Crippen molar-refractivity contribution < 1.29 is 18.3 Å². The number of thioether (sulfide) groups is 1. The van der Waals surface area contributed by atoms with Gasteiger partial charge in [0, 0.05) is 41.2 Å². The van der Waals surface area contributed by atoms with Crippen LogP contribution in [-0.4, -0.2) is 37.0 Å². The van der Waals surface area contributed by atoms with Crippen LogP contribution in [0.2, 0.25) is 0 Å². The number of aryl methyl sites for hydroxylation is 1. The van der Waals surface area contributed by atoms with Crippen molar-refractivity contribution in [3.63, 3.8) is 0 Å². The zero-order chi connectivity index (χ0) is 28.4. The van der Waals surface area contributed by atoms with Crippen molar-refractivity contribution in [1.29, 1.82) is 0 Å². The Balaban J connectivity index is 1.51. The summed E-state index contributed by atoms with van der Waals surface area (Å²) in [5.74, 6) is -0.648. The predicted molar refractivity (Wildman–Crippen MR) is 158 cm³/mol. The third-order valence-electron chi connectivity index (χ3n) is 7.94. The van der Waals surface area contributed by atoms with Crippen molar-refractivity contribution in [2.45, 2.75) is 62.6 Å². The summed E-state index contributed by atoms with van der Waals surface area (Å²) in [6, 6.07) is 16.9. The highest BCUT2D eigenvalue weighted by molar-refractivity contribution is 8.04. The zero-order valence-corrected chi connectivity index (χ0v) is 24.5. The Morgan fingerprint density at radius 2 is 1.70 bits per heavy atom. The van der Waals surface area contributed by atoms with Gasteiger partial charge >= 0.3 is 0 Å². The topological polar surface area (TPSA) is 41.6 Å². The van der Waals surface area contributed by atoms with E-state index in [1.54, 1.807) is 7.11 Å². The molecule has 40 heavy (non-hydrogen) atoms. The molecule has 1 heterocycles. The highest BCUT2D eigenvalue weighted by Gasteiger charge is 2.35. The summed E-state index contributed by atoms with van der Waals surface area (Å²) < 4.78 is 34.9. The fraction of sp³-hybridized carbons (Fsp3) is 0.344. The van der Waals surface area contributed by atoms with Crippen LogP contribution in [0.3, 0.4) is 0 Å². The molecular weight excluding hydrogens is 550 g/mol. The van der Waals surface area contributed by atoms with E-state index in [2.05, 4.69) is 42.6 Å². The Bertz CT molecular complexity index is 1440. The maximum Gasteiger partial charge on any atom is 0.262 e. The summed E-state index contributed by atoms with van der Waals surface area (Å²) in [7, 11) is 3.59. The van der Waals surface area contributed by atoms with E-state index in [0.29, 0.717) is 18.3 Å². The lowest BCUT2D eigenvalue weighted by molar-refractivity contribution is -0.130. The average molecular weight is 583 g/mol. The minimum Gasteiger partial charge on any atom is -0.496 e. The average Bonchev–Trinajstić information content (AvgIpc) is 2.97. The molecule has 0 radical (unpaired) electrons. The predicted octanol–water partition coefficient (Wildman–Crippen LogP) is 7.61. The molecule has 3 aromatic carbocycles. The van der Waals surface area contributed by atoms with E-state index in [-0.39, 0.29) is 38.8 Å². The Hall–Kier alpha value is -2.87. The molecule has 4 nitrogen and oxygen atoms in total. The SMILES string of the molecule is CNC1CCC(N(Cc2cc(-c3ccc(C)cc3)ccc2OC)C(=O)C2=C(Cl)Cc3c(F)ccc(F)c3S2)CC1. The normalized spacial score (nSPS) is 18.9. The molecule has 1 N–H and O–H groups in total. The number of benzene rings is 3. The minimum absolute atomic E-state index is 0.0128. The molecule has 0 saturated heterocycles. The molecule has 0 aromatic heterocycles. The first kappa shape index (κ1) is 28.7. The largest absolute Gasteiger partial charge is 0.496 e. The standard InChI is InChI=1S/C32H33ClF2N2O2S/c1-19-4-6-20(7-5-19)21-8-15-29(39-3)22(16-21)18-37(24-11-9-23(36-2)10-12-24)32(38)31-26(33)17-25-27(34)13-14-28(35)30(25)40-31/h4-8,13-16,23-24,36H,9-12,17-18H2,1-3H3. The van der Waals surface area contributed by atoms with Crippen LogP contribution in [0.1, 0.15) is 42.4 Å². The Labute approximate surface area is 243 Å². The second kappa shape index (κ2) is 12.3. The number of allylic oxidation sites excluding steroid dienone is 1. The third kappa shape index (κ3) is 5.92. The minimum atomic E-state index is -0.551. The summed E-state index contributed by atoms with van der Waals surface area (Å²) in [5.41, 5.74) is 4.35. The molecule has 1 saturated carbocycles. The van der Waals surface area contributed by atoms with Gasteiger partial charge in [0.05, 0.1) is 16.9 Å². The first-order chi connectivity index (χ1) is 19.3. The van der Waals surface area contributed by atoms with Crippen LogP contribution in [-0.2, 0) is 17.8 Å². The molecule has 3 aromatic rings. The summed E-state index contributed by atoms with van der Waals surface area (Å²) in [5, 5.41) is 3.59. The van der Waals surface area contributed by atoms with Crippen LogP contribution in [0.4, 0.5) is 8.78 Å². The van der Waals surface area contributed by atoms with Gasteiger partial charge in [0.2, 0.25) is 0 Å².